The van der Waals surface area contributed by atoms with Crippen LogP contribution >= 0.6 is 11.8 Å². The van der Waals surface area contributed by atoms with E-state index in [9.17, 15) is 4.79 Å². The van der Waals surface area contributed by atoms with Gasteiger partial charge >= 0.3 is 0 Å². The van der Waals surface area contributed by atoms with Crippen molar-refractivity contribution in [2.24, 2.45) is 0 Å². The lowest BCUT2D eigenvalue weighted by atomic mass is 10.3. The van der Waals surface area contributed by atoms with Crippen LogP contribution in [0.4, 0.5) is 5.69 Å². The van der Waals surface area contributed by atoms with Gasteiger partial charge in [-0.2, -0.15) is 0 Å². The Morgan fingerprint density at radius 1 is 1.35 bits per heavy atom. The van der Waals surface area contributed by atoms with Gasteiger partial charge < -0.3 is 10.1 Å². The predicted octanol–water partition coefficient (Wildman–Crippen LogP) is 3.13. The zero-order valence-corrected chi connectivity index (χ0v) is 12.2. The van der Waals surface area contributed by atoms with Crippen molar-refractivity contribution in [3.63, 3.8) is 0 Å². The molecule has 0 fully saturated rings. The monoisotopic (exact) mass is 288 g/mol. The summed E-state index contributed by atoms with van der Waals surface area (Å²) in [5, 5.41) is 2.80. The number of nitrogens with one attached hydrogen (secondary N) is 1. The highest BCUT2D eigenvalue weighted by molar-refractivity contribution is 7.98. The van der Waals surface area contributed by atoms with Crippen LogP contribution in [0.5, 0.6) is 5.75 Å². The molecule has 0 saturated heterocycles. The summed E-state index contributed by atoms with van der Waals surface area (Å²) in [4.78, 5) is 17.0. The van der Waals surface area contributed by atoms with Crippen LogP contribution in [-0.2, 0) is 4.79 Å². The van der Waals surface area contributed by atoms with E-state index in [1.807, 2.05) is 43.5 Å². The van der Waals surface area contributed by atoms with Gasteiger partial charge in [0.05, 0.1) is 6.20 Å². The lowest BCUT2D eigenvalue weighted by molar-refractivity contribution is -0.118. The molecule has 0 radical (unpaired) electrons. The highest BCUT2D eigenvalue weighted by Crippen LogP contribution is 2.18. The first kappa shape index (κ1) is 14.4. The van der Waals surface area contributed by atoms with Gasteiger partial charge in [-0.3, -0.25) is 9.78 Å². The smallest absolute Gasteiger partial charge is 0.262 e. The lowest BCUT2D eigenvalue weighted by Gasteiger charge is -2.08. The van der Waals surface area contributed by atoms with Crippen molar-refractivity contribution >= 4 is 23.4 Å². The first-order valence-electron chi connectivity index (χ1n) is 6.17. The molecule has 0 saturated carbocycles. The number of pyridine rings is 1. The molecule has 0 bridgehead atoms. The van der Waals surface area contributed by atoms with Gasteiger partial charge in [0.15, 0.2) is 6.61 Å². The average Bonchev–Trinajstić information content (AvgIpc) is 2.47. The maximum absolute atomic E-state index is 11.8. The molecule has 1 aromatic heterocycles. The molecule has 1 amide bonds. The molecule has 0 atom stereocenters. The number of anilines is 1. The summed E-state index contributed by atoms with van der Waals surface area (Å²) in [6.45, 7) is 1.86. The first-order chi connectivity index (χ1) is 9.67. The molecular formula is C15H16N2O2S. The van der Waals surface area contributed by atoms with E-state index < -0.39 is 0 Å². The second kappa shape index (κ2) is 6.96. The maximum atomic E-state index is 11.8. The van der Waals surface area contributed by atoms with E-state index in [4.69, 9.17) is 4.74 Å². The normalized spacial score (nSPS) is 10.1. The molecule has 104 valence electrons. The molecule has 0 unspecified atom stereocenters. The fourth-order valence-corrected chi connectivity index (χ4v) is 2.05. The van der Waals surface area contributed by atoms with E-state index in [2.05, 4.69) is 10.3 Å². The van der Waals surface area contributed by atoms with Gasteiger partial charge in [0.1, 0.15) is 5.75 Å². The van der Waals surface area contributed by atoms with Crippen molar-refractivity contribution in [3.8, 4) is 5.75 Å². The number of carbonyl (C=O) groups excluding carboxylic acids is 1. The van der Waals surface area contributed by atoms with Crippen molar-refractivity contribution in [2.45, 2.75) is 11.8 Å². The number of benzene rings is 1. The lowest BCUT2D eigenvalue weighted by Crippen LogP contribution is -2.20. The Bertz CT molecular complexity index is 585. The number of nitrogens with zero attached hydrogens (tertiary/aromatic N) is 1. The van der Waals surface area contributed by atoms with Gasteiger partial charge in [-0.25, -0.2) is 0 Å². The summed E-state index contributed by atoms with van der Waals surface area (Å²) < 4.78 is 5.37. The molecule has 4 nitrogen and oxygen atoms in total. The van der Waals surface area contributed by atoms with E-state index >= 15 is 0 Å². The summed E-state index contributed by atoms with van der Waals surface area (Å²) in [6.07, 6.45) is 3.60. The maximum Gasteiger partial charge on any atom is 0.262 e. The Morgan fingerprint density at radius 2 is 2.20 bits per heavy atom. The van der Waals surface area contributed by atoms with E-state index in [1.54, 1.807) is 24.0 Å². The third kappa shape index (κ3) is 4.28. The minimum absolute atomic E-state index is 0.0335. The van der Waals surface area contributed by atoms with Gasteiger partial charge in [0, 0.05) is 16.3 Å². The summed E-state index contributed by atoms with van der Waals surface area (Å²) in [5.41, 5.74) is 1.68. The SMILES string of the molecule is CSc1cccc(NC(=O)COc2ccc(C)nc2)c1. The summed E-state index contributed by atoms with van der Waals surface area (Å²) >= 11 is 1.63. The van der Waals surface area contributed by atoms with E-state index in [0.717, 1.165) is 16.3 Å². The number of hydrogen-bond acceptors (Lipinski definition) is 4. The number of hydrogen-bond donors (Lipinski definition) is 1. The van der Waals surface area contributed by atoms with Gasteiger partial charge in [-0.1, -0.05) is 6.07 Å². The molecule has 1 aromatic carbocycles. The van der Waals surface area contributed by atoms with Gasteiger partial charge in [0.25, 0.3) is 5.91 Å². The molecule has 1 N–H and O–H groups in total. The number of carbonyl (C=O) groups is 1. The molecular weight excluding hydrogens is 272 g/mol. The third-order valence-electron chi connectivity index (χ3n) is 2.61. The molecule has 0 aliphatic heterocycles. The highest BCUT2D eigenvalue weighted by Gasteiger charge is 2.04. The number of ether oxygens (including phenoxy) is 1. The van der Waals surface area contributed by atoms with Gasteiger partial charge in [0.2, 0.25) is 0 Å². The second-order valence-electron chi connectivity index (χ2n) is 4.20. The standard InChI is InChI=1S/C15H16N2O2S/c1-11-6-7-13(9-16-11)19-10-15(18)17-12-4-3-5-14(8-12)20-2/h3-9H,10H2,1-2H3,(H,17,18). The van der Waals surface area contributed by atoms with Crippen LogP contribution in [0, 0.1) is 6.92 Å². The Kier molecular flexibility index (Phi) is 5.01. The van der Waals surface area contributed by atoms with Gasteiger partial charge in [-0.15, -0.1) is 11.8 Å². The zero-order valence-electron chi connectivity index (χ0n) is 11.4. The van der Waals surface area contributed by atoms with Crippen molar-refractivity contribution in [3.05, 3.63) is 48.3 Å². The van der Waals surface area contributed by atoms with Crippen LogP contribution in [0.2, 0.25) is 0 Å². The van der Waals surface area contributed by atoms with Crippen LogP contribution in [-0.4, -0.2) is 23.8 Å². The Labute approximate surface area is 122 Å². The molecule has 0 aliphatic carbocycles. The molecule has 1 heterocycles. The molecule has 5 heteroatoms. The third-order valence-corrected chi connectivity index (χ3v) is 3.33. The Hall–Kier alpha value is -2.01. The van der Waals surface area contributed by atoms with E-state index in [0.29, 0.717) is 5.75 Å². The topological polar surface area (TPSA) is 51.2 Å². The predicted molar refractivity (Wildman–Crippen MR) is 81.3 cm³/mol. The molecule has 0 spiro atoms. The minimum atomic E-state index is -0.191. The van der Waals surface area contributed by atoms with E-state index in [-0.39, 0.29) is 12.5 Å². The first-order valence-corrected chi connectivity index (χ1v) is 7.39. The average molecular weight is 288 g/mol. The Morgan fingerprint density at radius 3 is 2.90 bits per heavy atom. The second-order valence-corrected chi connectivity index (χ2v) is 5.08. The molecule has 2 rings (SSSR count). The van der Waals surface area contributed by atoms with Crippen LogP contribution in [0.3, 0.4) is 0 Å². The number of rotatable bonds is 5. The number of amides is 1. The molecule has 20 heavy (non-hydrogen) atoms. The molecule has 0 aliphatic rings. The van der Waals surface area contributed by atoms with Crippen LogP contribution in [0.25, 0.3) is 0 Å². The number of aryl methyl sites for hydroxylation is 1. The summed E-state index contributed by atoms with van der Waals surface area (Å²) in [7, 11) is 0. The zero-order chi connectivity index (χ0) is 14.4. The van der Waals surface area contributed by atoms with Crippen molar-refractivity contribution in [1.82, 2.24) is 4.98 Å². The molecule has 2 aromatic rings. The van der Waals surface area contributed by atoms with Gasteiger partial charge in [-0.05, 0) is 43.5 Å². The highest BCUT2D eigenvalue weighted by atomic mass is 32.2. The van der Waals surface area contributed by atoms with Crippen LogP contribution in [0.1, 0.15) is 5.69 Å². The van der Waals surface area contributed by atoms with Crippen LogP contribution in [0.15, 0.2) is 47.5 Å². The van der Waals surface area contributed by atoms with Crippen LogP contribution < -0.4 is 10.1 Å². The van der Waals surface area contributed by atoms with E-state index in [1.165, 1.54) is 0 Å². The fourth-order valence-electron chi connectivity index (χ4n) is 1.59. The Balaban J connectivity index is 1.87. The summed E-state index contributed by atoms with van der Waals surface area (Å²) in [5.74, 6) is 0.396. The van der Waals surface area contributed by atoms with Crippen molar-refractivity contribution < 1.29 is 9.53 Å². The largest absolute Gasteiger partial charge is 0.482 e. The quantitative estimate of drug-likeness (QED) is 0.859. The van der Waals surface area contributed by atoms with Crippen molar-refractivity contribution in [2.75, 3.05) is 18.2 Å². The minimum Gasteiger partial charge on any atom is -0.482 e. The summed E-state index contributed by atoms with van der Waals surface area (Å²) in [6, 6.07) is 11.3. The fraction of sp³-hybridized carbons (Fsp3) is 0.200. The number of aromatic nitrogens is 1. The van der Waals surface area contributed by atoms with Crippen molar-refractivity contribution in [1.29, 1.82) is 0 Å². The number of thioether (sulfide) groups is 1.